The molecule has 29 heavy (non-hydrogen) atoms. The molecule has 1 heterocycles. The van der Waals surface area contributed by atoms with E-state index in [1.807, 2.05) is 6.92 Å². The number of hydrogen-bond acceptors (Lipinski definition) is 3. The number of amides is 1. The highest BCUT2D eigenvalue weighted by atomic mass is 19.4. The predicted octanol–water partition coefficient (Wildman–Crippen LogP) is 5.56. The van der Waals surface area contributed by atoms with E-state index in [2.05, 4.69) is 15.3 Å². The lowest BCUT2D eigenvalue weighted by Crippen LogP contribution is -2.14. The molecule has 0 aliphatic rings. The maximum Gasteiger partial charge on any atom is 0.416 e. The number of aromatic amines is 1. The first-order valence-corrected chi connectivity index (χ1v) is 8.62. The van der Waals surface area contributed by atoms with Gasteiger partial charge in [0.1, 0.15) is 5.75 Å². The van der Waals surface area contributed by atoms with E-state index >= 15 is 0 Å². The quantitative estimate of drug-likeness (QED) is 0.520. The Morgan fingerprint density at radius 3 is 2.62 bits per heavy atom. The van der Waals surface area contributed by atoms with E-state index < -0.39 is 29.9 Å². The van der Waals surface area contributed by atoms with Crippen LogP contribution in [0.25, 0.3) is 11.0 Å². The molecule has 0 fully saturated rings. The standard InChI is InChI=1S/C19H16F5N3O2/c1-2-7-29-15-6-4-11(19(22,23)24)9-14(15)27-18(28)10-3-5-12-13(8-10)26-17(25-12)16(20)21/h3-6,8-9,16H,2,7H2,1H3,(H,25,26)(H,27,28). The van der Waals surface area contributed by atoms with Gasteiger partial charge in [0.25, 0.3) is 12.3 Å². The van der Waals surface area contributed by atoms with Crippen molar-refractivity contribution in [2.24, 2.45) is 0 Å². The van der Waals surface area contributed by atoms with Crippen molar-refractivity contribution in [2.75, 3.05) is 11.9 Å². The summed E-state index contributed by atoms with van der Waals surface area (Å²) in [5.74, 6) is -1.16. The first kappa shape index (κ1) is 20.6. The lowest BCUT2D eigenvalue weighted by Gasteiger charge is -2.15. The van der Waals surface area contributed by atoms with Crippen molar-refractivity contribution in [2.45, 2.75) is 25.9 Å². The summed E-state index contributed by atoms with van der Waals surface area (Å²) in [5.41, 5.74) is -0.582. The Morgan fingerprint density at radius 2 is 1.97 bits per heavy atom. The fraction of sp³-hybridized carbons (Fsp3) is 0.263. The number of aromatic nitrogens is 2. The molecule has 10 heteroatoms. The van der Waals surface area contributed by atoms with Crippen LogP contribution in [0.2, 0.25) is 0 Å². The van der Waals surface area contributed by atoms with Crippen LogP contribution in [0.5, 0.6) is 5.75 Å². The average Bonchev–Trinajstić information content (AvgIpc) is 3.09. The number of imidazole rings is 1. The molecule has 0 spiro atoms. The number of benzene rings is 2. The monoisotopic (exact) mass is 413 g/mol. The fourth-order valence-corrected chi connectivity index (χ4v) is 2.61. The number of carbonyl (C=O) groups is 1. The number of ether oxygens (including phenoxy) is 1. The van der Waals surface area contributed by atoms with Crippen LogP contribution in [-0.4, -0.2) is 22.5 Å². The third-order valence-corrected chi connectivity index (χ3v) is 3.99. The second-order valence-electron chi connectivity index (χ2n) is 6.17. The van der Waals surface area contributed by atoms with Gasteiger partial charge in [-0.2, -0.15) is 13.2 Å². The molecule has 1 amide bonds. The molecule has 154 valence electrons. The summed E-state index contributed by atoms with van der Waals surface area (Å²) < 4.78 is 70.0. The van der Waals surface area contributed by atoms with Gasteiger partial charge in [0.05, 0.1) is 28.9 Å². The summed E-state index contributed by atoms with van der Waals surface area (Å²) >= 11 is 0. The van der Waals surface area contributed by atoms with Crippen LogP contribution in [0.1, 0.15) is 41.5 Å². The van der Waals surface area contributed by atoms with Crippen LogP contribution < -0.4 is 10.1 Å². The topological polar surface area (TPSA) is 67.0 Å². The van der Waals surface area contributed by atoms with Crippen LogP contribution in [0.15, 0.2) is 36.4 Å². The largest absolute Gasteiger partial charge is 0.491 e. The Bertz CT molecular complexity index is 1030. The van der Waals surface area contributed by atoms with Gasteiger partial charge in [0.2, 0.25) is 0 Å². The van der Waals surface area contributed by atoms with Crippen molar-refractivity contribution in [3.8, 4) is 5.75 Å². The van der Waals surface area contributed by atoms with Crippen molar-refractivity contribution in [3.63, 3.8) is 0 Å². The van der Waals surface area contributed by atoms with Gasteiger partial charge in [-0.1, -0.05) is 6.92 Å². The maximum atomic E-state index is 13.0. The van der Waals surface area contributed by atoms with Crippen molar-refractivity contribution < 1.29 is 31.5 Å². The van der Waals surface area contributed by atoms with E-state index in [9.17, 15) is 26.7 Å². The number of anilines is 1. The molecule has 0 unspecified atom stereocenters. The van der Waals surface area contributed by atoms with Gasteiger partial charge in [-0.05, 0) is 42.8 Å². The minimum atomic E-state index is -4.59. The van der Waals surface area contributed by atoms with Crippen molar-refractivity contribution in [1.29, 1.82) is 0 Å². The first-order valence-electron chi connectivity index (χ1n) is 8.62. The molecule has 0 radical (unpaired) electrons. The molecular formula is C19H16F5N3O2. The Balaban J connectivity index is 1.91. The van der Waals surface area contributed by atoms with E-state index in [0.29, 0.717) is 6.42 Å². The molecule has 2 N–H and O–H groups in total. The Hall–Kier alpha value is -3.17. The number of halogens is 5. The van der Waals surface area contributed by atoms with E-state index in [1.54, 1.807) is 0 Å². The molecule has 5 nitrogen and oxygen atoms in total. The summed E-state index contributed by atoms with van der Waals surface area (Å²) in [6.07, 6.45) is -6.77. The molecule has 0 aliphatic carbocycles. The molecule has 0 atom stereocenters. The number of rotatable bonds is 6. The third kappa shape index (κ3) is 4.64. The highest BCUT2D eigenvalue weighted by molar-refractivity contribution is 6.06. The molecule has 0 aliphatic heterocycles. The molecule has 0 saturated carbocycles. The minimum absolute atomic E-state index is 0.0563. The zero-order chi connectivity index (χ0) is 21.2. The number of alkyl halides is 5. The molecule has 3 rings (SSSR count). The Morgan fingerprint density at radius 1 is 1.21 bits per heavy atom. The lowest BCUT2D eigenvalue weighted by atomic mass is 10.1. The van der Waals surface area contributed by atoms with Crippen LogP contribution in [0, 0.1) is 0 Å². The summed E-state index contributed by atoms with van der Waals surface area (Å²) in [6, 6.07) is 6.79. The zero-order valence-electron chi connectivity index (χ0n) is 15.1. The van der Waals surface area contributed by atoms with Crippen LogP contribution in [0.4, 0.5) is 27.6 Å². The van der Waals surface area contributed by atoms with E-state index in [4.69, 9.17) is 4.74 Å². The van der Waals surface area contributed by atoms with Crippen molar-refractivity contribution in [3.05, 3.63) is 53.3 Å². The summed E-state index contributed by atoms with van der Waals surface area (Å²) in [7, 11) is 0. The second-order valence-corrected chi connectivity index (χ2v) is 6.17. The summed E-state index contributed by atoms with van der Waals surface area (Å²) in [5, 5.41) is 2.40. The number of carbonyl (C=O) groups excluding carboxylic acids is 1. The van der Waals surface area contributed by atoms with Crippen LogP contribution >= 0.6 is 0 Å². The number of hydrogen-bond donors (Lipinski definition) is 2. The lowest BCUT2D eigenvalue weighted by molar-refractivity contribution is -0.137. The van der Waals surface area contributed by atoms with Gasteiger partial charge in [-0.15, -0.1) is 0 Å². The highest BCUT2D eigenvalue weighted by Crippen LogP contribution is 2.35. The van der Waals surface area contributed by atoms with E-state index in [1.165, 1.54) is 18.2 Å². The van der Waals surface area contributed by atoms with Gasteiger partial charge < -0.3 is 15.0 Å². The van der Waals surface area contributed by atoms with Crippen LogP contribution in [0.3, 0.4) is 0 Å². The van der Waals surface area contributed by atoms with Crippen molar-refractivity contribution >= 4 is 22.6 Å². The molecule has 0 bridgehead atoms. The van der Waals surface area contributed by atoms with Gasteiger partial charge in [0.15, 0.2) is 5.82 Å². The SMILES string of the molecule is CCCOc1ccc(C(F)(F)F)cc1NC(=O)c1ccc2nc(C(F)F)[nH]c2c1. The summed E-state index contributed by atoms with van der Waals surface area (Å²) in [4.78, 5) is 18.7. The highest BCUT2D eigenvalue weighted by Gasteiger charge is 2.31. The molecule has 2 aromatic carbocycles. The maximum absolute atomic E-state index is 13.0. The minimum Gasteiger partial charge on any atom is -0.491 e. The Kier molecular flexibility index (Phi) is 5.71. The van der Waals surface area contributed by atoms with Gasteiger partial charge in [-0.3, -0.25) is 4.79 Å². The van der Waals surface area contributed by atoms with E-state index in [-0.39, 0.29) is 34.6 Å². The molecule has 1 aromatic heterocycles. The third-order valence-electron chi connectivity index (χ3n) is 3.99. The normalized spacial score (nSPS) is 11.8. The average molecular weight is 413 g/mol. The number of nitrogens with zero attached hydrogens (tertiary/aromatic N) is 1. The number of fused-ring (bicyclic) bond motifs is 1. The van der Waals surface area contributed by atoms with E-state index in [0.717, 1.165) is 18.2 Å². The number of nitrogens with one attached hydrogen (secondary N) is 2. The summed E-state index contributed by atoms with van der Waals surface area (Å²) in [6.45, 7) is 2.08. The predicted molar refractivity (Wildman–Crippen MR) is 96.2 cm³/mol. The number of H-pyrrole nitrogens is 1. The molecular weight excluding hydrogens is 397 g/mol. The van der Waals surface area contributed by atoms with Crippen molar-refractivity contribution in [1.82, 2.24) is 9.97 Å². The Labute approximate surface area is 161 Å². The molecule has 3 aromatic rings. The first-order chi connectivity index (χ1) is 13.7. The second kappa shape index (κ2) is 8.06. The van der Waals surface area contributed by atoms with Gasteiger partial charge in [0, 0.05) is 5.56 Å². The van der Waals surface area contributed by atoms with Gasteiger partial charge in [-0.25, -0.2) is 13.8 Å². The van der Waals surface area contributed by atoms with Gasteiger partial charge >= 0.3 is 6.18 Å². The zero-order valence-corrected chi connectivity index (χ0v) is 15.1. The molecule has 0 saturated heterocycles. The van der Waals surface area contributed by atoms with Crippen LogP contribution in [-0.2, 0) is 6.18 Å². The smallest absolute Gasteiger partial charge is 0.416 e. The fourth-order valence-electron chi connectivity index (χ4n) is 2.61.